The van der Waals surface area contributed by atoms with E-state index in [1.165, 1.54) is 72.5 Å². The molecule has 0 aliphatic heterocycles. The highest BCUT2D eigenvalue weighted by Crippen LogP contribution is 2.44. The van der Waals surface area contributed by atoms with Crippen LogP contribution < -0.4 is 15.1 Å². The van der Waals surface area contributed by atoms with Gasteiger partial charge in [0.05, 0.1) is 6.04 Å². The molecular weight excluding hydrogens is 859 g/mol. The topological polar surface area (TPSA) is 65.0 Å². The van der Waals surface area contributed by atoms with E-state index in [1.54, 1.807) is 6.92 Å². The van der Waals surface area contributed by atoms with Crippen molar-refractivity contribution in [3.05, 3.63) is 172 Å². The summed E-state index contributed by atoms with van der Waals surface area (Å²) in [5, 5.41) is 13.3. The van der Waals surface area contributed by atoms with E-state index in [0.717, 1.165) is 64.4 Å². The molecule has 7 rings (SSSR count). The fourth-order valence-electron chi connectivity index (χ4n) is 10.6. The Bertz CT molecular complexity index is 2470. The van der Waals surface area contributed by atoms with E-state index in [-0.39, 0.29) is 24.0 Å². The summed E-state index contributed by atoms with van der Waals surface area (Å²) in [6, 6.07) is 46.2. The van der Waals surface area contributed by atoms with Gasteiger partial charge in [0.1, 0.15) is 6.10 Å². The molecule has 6 aromatic carbocycles. The van der Waals surface area contributed by atoms with Crippen LogP contribution in [0.5, 0.6) is 0 Å². The van der Waals surface area contributed by atoms with Gasteiger partial charge in [-0.1, -0.05) is 173 Å². The lowest BCUT2D eigenvalue weighted by atomic mass is 9.82. The minimum atomic E-state index is -0.312. The van der Waals surface area contributed by atoms with Crippen LogP contribution in [0.2, 0.25) is 0 Å². The van der Waals surface area contributed by atoms with E-state index in [2.05, 4.69) is 212 Å². The summed E-state index contributed by atoms with van der Waals surface area (Å²) in [4.78, 5) is 17.9. The number of carbonyl (C=O) groups is 1. The Balaban J connectivity index is 0.00000397. The third-order valence-corrected chi connectivity index (χ3v) is 14.1. The van der Waals surface area contributed by atoms with Crippen LogP contribution in [0.4, 0.5) is 28.4 Å². The van der Waals surface area contributed by atoms with Crippen LogP contribution in [0.25, 0.3) is 10.8 Å². The average molecular weight is 942 g/mol. The number of aliphatic hydroxyl groups excluding tert-OH is 1. The van der Waals surface area contributed by atoms with Crippen molar-refractivity contribution in [1.29, 1.82) is 0 Å². The maximum absolute atomic E-state index is 12.7. The van der Waals surface area contributed by atoms with Crippen molar-refractivity contribution in [1.82, 2.24) is 0 Å². The number of nitrogens with zero attached hydrogens (tertiary/aromatic N) is 2. The Morgan fingerprint density at radius 3 is 1.43 bits per heavy atom. The van der Waals surface area contributed by atoms with Crippen LogP contribution in [0.1, 0.15) is 183 Å². The van der Waals surface area contributed by atoms with Gasteiger partial charge in [0, 0.05) is 65.5 Å². The second-order valence-corrected chi connectivity index (χ2v) is 20.6. The summed E-state index contributed by atoms with van der Waals surface area (Å²) in [7, 11) is 1.00. The number of nitrogens with one attached hydrogen (secondary N) is 1. The lowest BCUT2D eigenvalue weighted by Gasteiger charge is -2.33. The Morgan fingerprint density at radius 1 is 0.586 bits per heavy atom. The zero-order valence-electron chi connectivity index (χ0n) is 44.6. The lowest BCUT2D eigenvalue weighted by Crippen LogP contribution is -2.40. The summed E-state index contributed by atoms with van der Waals surface area (Å²) in [6.07, 6.45) is 5.80. The molecule has 372 valence electrons. The molecule has 2 atom stereocenters. The second kappa shape index (κ2) is 24.8. The minimum absolute atomic E-state index is 0.0170. The number of hydrogen-bond donors (Lipinski definition) is 2. The lowest BCUT2D eigenvalue weighted by molar-refractivity contribution is -0.146. The van der Waals surface area contributed by atoms with Crippen LogP contribution >= 0.6 is 0 Å². The fourth-order valence-corrected chi connectivity index (χ4v) is 10.6. The number of ether oxygens (including phenoxy) is 1. The zero-order valence-corrected chi connectivity index (χ0v) is 44.6. The predicted octanol–water partition coefficient (Wildman–Crippen LogP) is 17.1. The summed E-state index contributed by atoms with van der Waals surface area (Å²) < 4.78 is 6.03. The molecule has 0 aromatic heterocycles. The van der Waals surface area contributed by atoms with Gasteiger partial charge in [-0.25, -0.2) is 4.79 Å². The maximum atomic E-state index is 12.7. The molecule has 0 saturated heterocycles. The van der Waals surface area contributed by atoms with E-state index in [4.69, 9.17) is 9.84 Å². The van der Waals surface area contributed by atoms with Crippen LogP contribution in [0, 0.1) is 0 Å². The van der Waals surface area contributed by atoms with Crippen LogP contribution in [-0.4, -0.2) is 43.4 Å². The molecule has 1 saturated carbocycles. The monoisotopic (exact) mass is 942 g/mol. The van der Waals surface area contributed by atoms with Crippen molar-refractivity contribution in [2.45, 2.75) is 156 Å². The first kappa shape index (κ1) is 53.5. The molecule has 2 unspecified atom stereocenters. The molecule has 0 heterocycles. The van der Waals surface area contributed by atoms with Gasteiger partial charge in [0.15, 0.2) is 0 Å². The Kier molecular flexibility index (Phi) is 19.0. The smallest absolute Gasteiger partial charge is 0.333 e. The van der Waals surface area contributed by atoms with Crippen molar-refractivity contribution in [3.8, 4) is 0 Å². The van der Waals surface area contributed by atoms with Crippen LogP contribution in [0.3, 0.4) is 0 Å². The highest BCUT2D eigenvalue weighted by atomic mass is 16.5. The summed E-state index contributed by atoms with van der Waals surface area (Å²) in [5.74, 6) is 1.26. The molecule has 6 nitrogen and oxygen atoms in total. The Hall–Kier alpha value is -5.85. The van der Waals surface area contributed by atoms with Crippen LogP contribution in [-0.2, 0) is 9.53 Å². The van der Waals surface area contributed by atoms with Gasteiger partial charge >= 0.3 is 5.97 Å². The van der Waals surface area contributed by atoms with Gasteiger partial charge in [0.2, 0.25) is 0 Å². The van der Waals surface area contributed by atoms with E-state index in [0.29, 0.717) is 29.2 Å². The van der Waals surface area contributed by atoms with E-state index < -0.39 is 0 Å². The van der Waals surface area contributed by atoms with Gasteiger partial charge in [0.25, 0.3) is 0 Å². The highest BCUT2D eigenvalue weighted by Gasteiger charge is 2.30. The molecule has 0 radical (unpaired) electrons. The third-order valence-electron chi connectivity index (χ3n) is 14.1. The molecule has 0 spiro atoms. The minimum Gasteiger partial charge on any atom is -0.457 e. The molecule has 6 heteroatoms. The molecule has 0 amide bonds. The Morgan fingerprint density at radius 2 is 1.01 bits per heavy atom. The van der Waals surface area contributed by atoms with Crippen molar-refractivity contribution in [3.63, 3.8) is 0 Å². The van der Waals surface area contributed by atoms with Gasteiger partial charge in [-0.2, -0.15) is 0 Å². The molecule has 70 heavy (non-hydrogen) atoms. The number of carbonyl (C=O) groups excluding carboxylic acids is 1. The number of aliphatic hydroxyl groups is 1. The molecule has 2 N–H and O–H groups in total. The highest BCUT2D eigenvalue weighted by molar-refractivity contribution is 5.97. The first-order chi connectivity index (χ1) is 33.7. The molecule has 1 aliphatic rings. The maximum Gasteiger partial charge on any atom is 0.333 e. The third kappa shape index (κ3) is 12.0. The summed E-state index contributed by atoms with van der Waals surface area (Å²) >= 11 is 0. The van der Waals surface area contributed by atoms with Crippen molar-refractivity contribution >= 4 is 45.2 Å². The van der Waals surface area contributed by atoms with Gasteiger partial charge < -0.3 is 25.0 Å². The number of anilines is 5. The standard InChI is InChI=1S/C63H79N3O2.CH4O/c1-13-39-65(61-50(41(3)4)23-19-24-51(61)42(5)6)48-33-29-46(30-34-48)60(47-31-35-49(36-32-47)66(40-14-2)62-52(43(7)8)25-20-26-53(62)44(9)10)56-37-38-57(55-22-16-15-21-54(55)56)64-58-27-17-18-28-59(58)68-63(67)45(11)12;1-2/h15-16,19-26,29-38,41-44,58-60,64H,11,13-14,17-18,27-28,39-40H2,1-10,12H3;2H,1H3. The predicted molar refractivity (Wildman–Crippen MR) is 300 cm³/mol. The number of fused-ring (bicyclic) bond motifs is 1. The molecule has 1 fully saturated rings. The fraction of sp³-hybridized carbons (Fsp3) is 0.422. The molecule has 1 aliphatic carbocycles. The number of benzene rings is 6. The van der Waals surface area contributed by atoms with E-state index in [1.807, 2.05) is 0 Å². The first-order valence-corrected chi connectivity index (χ1v) is 26.3. The molecule has 6 aromatic rings. The average Bonchev–Trinajstić information content (AvgIpc) is 3.36. The van der Waals surface area contributed by atoms with Crippen molar-refractivity contribution < 1.29 is 14.6 Å². The molecular formula is C64H83N3O3. The van der Waals surface area contributed by atoms with Gasteiger partial charge in [-0.3, -0.25) is 0 Å². The van der Waals surface area contributed by atoms with E-state index in [9.17, 15) is 4.79 Å². The second-order valence-electron chi connectivity index (χ2n) is 20.6. The van der Waals surface area contributed by atoms with Gasteiger partial charge in [-0.15, -0.1) is 0 Å². The molecule has 0 bridgehead atoms. The Labute approximate surface area is 422 Å². The first-order valence-electron chi connectivity index (χ1n) is 26.3. The number of esters is 1. The summed E-state index contributed by atoms with van der Waals surface area (Å²) in [6.45, 7) is 30.6. The van der Waals surface area contributed by atoms with Crippen molar-refractivity contribution in [2.75, 3.05) is 35.3 Å². The van der Waals surface area contributed by atoms with Crippen LogP contribution in [0.15, 0.2) is 133 Å². The quantitative estimate of drug-likeness (QED) is 0.0479. The van der Waals surface area contributed by atoms with Gasteiger partial charge in [-0.05, 0) is 137 Å². The zero-order chi connectivity index (χ0) is 50.6. The SMILES string of the molecule is C=C(C)C(=O)OC1CCCCC1Nc1ccc(C(c2ccc(N(CCC)c3c(C(C)C)cccc3C(C)C)cc2)c2ccc(N(CCC)c3c(C(C)C)cccc3C(C)C)cc2)c2ccccc12.CO. The largest absolute Gasteiger partial charge is 0.457 e. The number of hydrogen-bond acceptors (Lipinski definition) is 6. The van der Waals surface area contributed by atoms with Crippen molar-refractivity contribution in [2.24, 2.45) is 0 Å². The summed E-state index contributed by atoms with van der Waals surface area (Å²) in [5.41, 5.74) is 16.0. The normalized spacial score (nSPS) is 14.8. The number of para-hydroxylation sites is 2. The van der Waals surface area contributed by atoms with E-state index >= 15 is 0 Å². The number of rotatable bonds is 19.